The first-order chi connectivity index (χ1) is 13.6. The average Bonchev–Trinajstić information content (AvgIpc) is 2.64. The van der Waals surface area contributed by atoms with Crippen LogP contribution in [0, 0.1) is 5.82 Å². The molecule has 2 rings (SSSR count). The normalized spacial score (nSPS) is 12.3. The lowest BCUT2D eigenvalue weighted by atomic mass is 10.2. The summed E-state index contributed by atoms with van der Waals surface area (Å²) in [5.41, 5.74) is -0.153. The van der Waals surface area contributed by atoms with Gasteiger partial charge in [-0.25, -0.2) is 17.1 Å². The average molecular weight is 464 g/mol. The zero-order chi connectivity index (χ0) is 21.8. The van der Waals surface area contributed by atoms with E-state index in [1.54, 1.807) is 6.92 Å². The third kappa shape index (κ3) is 5.52. The molecule has 0 radical (unpaired) electrons. The minimum atomic E-state index is -4.07. The molecule has 0 unspecified atom stereocenters. The van der Waals surface area contributed by atoms with Crippen LogP contribution >= 0.6 is 23.2 Å². The van der Waals surface area contributed by atoms with E-state index >= 15 is 0 Å². The fourth-order valence-corrected chi connectivity index (χ4v) is 4.54. The van der Waals surface area contributed by atoms with E-state index in [1.807, 2.05) is 0 Å². The highest BCUT2D eigenvalue weighted by atomic mass is 35.5. The molecule has 0 saturated carbocycles. The van der Waals surface area contributed by atoms with Crippen molar-refractivity contribution in [1.29, 1.82) is 0 Å². The molecule has 0 aliphatic carbocycles. The van der Waals surface area contributed by atoms with Crippen LogP contribution in [0.1, 0.15) is 20.3 Å². The summed E-state index contributed by atoms with van der Waals surface area (Å²) in [6.07, 6.45) is -0.964. The summed E-state index contributed by atoms with van der Waals surface area (Å²) in [5, 5.41) is 0.540. The van der Waals surface area contributed by atoms with Crippen molar-refractivity contribution >= 4 is 44.8 Å². The lowest BCUT2D eigenvalue weighted by Crippen LogP contribution is -2.45. The van der Waals surface area contributed by atoms with Crippen molar-refractivity contribution in [2.75, 3.05) is 17.2 Å². The highest BCUT2D eigenvalue weighted by Gasteiger charge is 2.33. The third-order valence-corrected chi connectivity index (χ3v) is 6.26. The zero-order valence-corrected chi connectivity index (χ0v) is 18.3. The summed E-state index contributed by atoms with van der Waals surface area (Å²) >= 11 is 11.9. The van der Waals surface area contributed by atoms with E-state index in [9.17, 15) is 17.6 Å². The Bertz CT molecular complexity index is 1000. The Kier molecular flexibility index (Phi) is 7.73. The second-order valence-electron chi connectivity index (χ2n) is 6.07. The first-order valence-corrected chi connectivity index (χ1v) is 11.0. The van der Waals surface area contributed by atoms with Gasteiger partial charge in [-0.15, -0.1) is 0 Å². The Morgan fingerprint density at radius 3 is 2.38 bits per heavy atom. The molecule has 0 aliphatic rings. The smallest absolute Gasteiger partial charge is 0.281 e. The fraction of sp³-hybridized carbons (Fsp3) is 0.316. The number of rotatable bonds is 8. The number of methoxy groups -OCH3 is 1. The number of carbonyl (C=O) groups is 1. The number of anilines is 1. The van der Waals surface area contributed by atoms with Gasteiger partial charge in [-0.05, 0) is 43.7 Å². The molecule has 0 saturated heterocycles. The zero-order valence-electron chi connectivity index (χ0n) is 16.0. The second-order valence-corrected chi connectivity index (χ2v) is 8.85. The fourth-order valence-electron chi connectivity index (χ4n) is 2.53. The lowest BCUT2D eigenvalue weighted by Gasteiger charge is -2.26. The molecule has 1 amide bonds. The monoisotopic (exact) mass is 463 g/mol. The first kappa shape index (κ1) is 23.3. The van der Waals surface area contributed by atoms with Crippen molar-refractivity contribution in [2.24, 2.45) is 0 Å². The number of carbonyl (C=O) groups excluding carboxylic acids is 1. The molecule has 0 spiro atoms. The number of halogens is 3. The number of hydrogen-bond acceptors (Lipinski definition) is 5. The molecule has 29 heavy (non-hydrogen) atoms. The number of nitrogens with zero attached hydrogens (tertiary/aromatic N) is 1. The van der Waals surface area contributed by atoms with E-state index in [4.69, 9.17) is 32.7 Å². The van der Waals surface area contributed by atoms with E-state index in [0.29, 0.717) is 9.33 Å². The van der Waals surface area contributed by atoms with Gasteiger partial charge >= 0.3 is 0 Å². The van der Waals surface area contributed by atoms with Crippen LogP contribution in [0.25, 0.3) is 0 Å². The predicted octanol–water partition coefficient (Wildman–Crippen LogP) is 4.68. The molecule has 0 heterocycles. The number of ether oxygens (including phenoxy) is 2. The second kappa shape index (κ2) is 9.65. The summed E-state index contributed by atoms with van der Waals surface area (Å²) in [7, 11) is -2.79. The minimum Gasteiger partial charge on any atom is -0.494 e. The van der Waals surface area contributed by atoms with Crippen LogP contribution < -0.4 is 13.8 Å². The van der Waals surface area contributed by atoms with Crippen LogP contribution in [0.15, 0.2) is 36.4 Å². The third-order valence-electron chi connectivity index (χ3n) is 3.86. The summed E-state index contributed by atoms with van der Waals surface area (Å²) in [5.74, 6) is -1.92. The highest BCUT2D eigenvalue weighted by molar-refractivity contribution is 7.93. The number of amides is 1. The van der Waals surface area contributed by atoms with Crippen molar-refractivity contribution in [1.82, 2.24) is 0 Å². The topological polar surface area (TPSA) is 72.9 Å². The molecule has 6 nitrogen and oxygen atoms in total. The van der Waals surface area contributed by atoms with Crippen LogP contribution in [0.5, 0.6) is 11.5 Å². The van der Waals surface area contributed by atoms with Crippen molar-refractivity contribution in [3.05, 3.63) is 52.3 Å². The maximum atomic E-state index is 14.2. The van der Waals surface area contributed by atoms with Gasteiger partial charge in [0.15, 0.2) is 17.7 Å². The number of hydrogen-bond donors (Lipinski definition) is 0. The Balaban J connectivity index is 2.42. The predicted molar refractivity (Wildman–Crippen MR) is 111 cm³/mol. The Hall–Kier alpha value is -2.03. The van der Waals surface area contributed by atoms with Crippen LogP contribution in [0.4, 0.5) is 10.1 Å². The first-order valence-electron chi connectivity index (χ1n) is 8.62. The summed E-state index contributed by atoms with van der Waals surface area (Å²) in [6.45, 7) is 3.03. The Morgan fingerprint density at radius 2 is 1.83 bits per heavy atom. The van der Waals surface area contributed by atoms with Gasteiger partial charge in [0.05, 0.1) is 23.6 Å². The summed E-state index contributed by atoms with van der Waals surface area (Å²) in [4.78, 5) is 13.0. The van der Waals surface area contributed by atoms with Gasteiger partial charge in [0.2, 0.25) is 10.0 Å². The number of benzene rings is 2. The molecule has 0 N–H and O–H groups in total. The van der Waals surface area contributed by atoms with Crippen LogP contribution in [-0.2, 0) is 14.8 Å². The quantitative estimate of drug-likeness (QED) is 0.567. The van der Waals surface area contributed by atoms with Gasteiger partial charge < -0.3 is 9.47 Å². The van der Waals surface area contributed by atoms with Gasteiger partial charge in [0, 0.05) is 11.1 Å². The standard InChI is InChI=1S/C19H20Cl2FNO5S/c1-4-9-29(25,26)23(14-6-8-18(27-3)16(22)11-14)19(24)12(2)28-17-7-5-13(20)10-15(17)21/h5-8,10-12H,4,9H2,1-3H3/t12-/m1/s1. The van der Waals surface area contributed by atoms with Gasteiger partial charge in [0.1, 0.15) is 5.75 Å². The molecular formula is C19H20Cl2FNO5S. The van der Waals surface area contributed by atoms with E-state index in [2.05, 4.69) is 0 Å². The van der Waals surface area contributed by atoms with Crippen LogP contribution in [-0.4, -0.2) is 33.3 Å². The molecule has 2 aromatic rings. The van der Waals surface area contributed by atoms with Gasteiger partial charge in [-0.2, -0.15) is 0 Å². The van der Waals surface area contributed by atoms with Crippen molar-refractivity contribution in [2.45, 2.75) is 26.4 Å². The molecule has 0 aromatic heterocycles. The van der Waals surface area contributed by atoms with E-state index < -0.39 is 27.9 Å². The molecule has 0 fully saturated rings. The lowest BCUT2D eigenvalue weighted by molar-refractivity contribution is -0.123. The van der Waals surface area contributed by atoms with Crippen molar-refractivity contribution in [3.63, 3.8) is 0 Å². The van der Waals surface area contributed by atoms with Crippen LogP contribution in [0.2, 0.25) is 10.0 Å². The Morgan fingerprint density at radius 1 is 1.17 bits per heavy atom. The highest BCUT2D eigenvalue weighted by Crippen LogP contribution is 2.30. The van der Waals surface area contributed by atoms with E-state index in [1.165, 1.54) is 44.4 Å². The SMILES string of the molecule is CCCS(=O)(=O)N(C(=O)[C@@H](C)Oc1ccc(Cl)cc1Cl)c1ccc(OC)c(F)c1. The molecule has 0 aliphatic heterocycles. The van der Waals surface area contributed by atoms with Gasteiger partial charge in [0.25, 0.3) is 5.91 Å². The summed E-state index contributed by atoms with van der Waals surface area (Å²) in [6, 6.07) is 7.87. The largest absolute Gasteiger partial charge is 0.494 e. The molecule has 0 bridgehead atoms. The van der Waals surface area contributed by atoms with Crippen LogP contribution in [0.3, 0.4) is 0 Å². The maximum Gasteiger partial charge on any atom is 0.281 e. The van der Waals surface area contributed by atoms with Gasteiger partial charge in [-0.3, -0.25) is 4.79 Å². The molecular weight excluding hydrogens is 444 g/mol. The van der Waals surface area contributed by atoms with E-state index in [0.717, 1.165) is 6.07 Å². The minimum absolute atomic E-state index is 0.0775. The maximum absolute atomic E-state index is 14.2. The van der Waals surface area contributed by atoms with Crippen molar-refractivity contribution in [3.8, 4) is 11.5 Å². The Labute approximate surface area is 179 Å². The van der Waals surface area contributed by atoms with Crippen molar-refractivity contribution < 1.29 is 27.1 Å². The molecule has 1 atom stereocenters. The molecule has 2 aromatic carbocycles. The summed E-state index contributed by atoms with van der Waals surface area (Å²) < 4.78 is 50.6. The number of sulfonamides is 1. The molecule has 10 heteroatoms. The molecule has 158 valence electrons. The van der Waals surface area contributed by atoms with E-state index in [-0.39, 0.29) is 34.4 Å². The van der Waals surface area contributed by atoms with Gasteiger partial charge in [-0.1, -0.05) is 30.1 Å².